The van der Waals surface area contributed by atoms with E-state index in [4.69, 9.17) is 4.74 Å². The standard InChI is InChI=1S/C18H18O2/c1-2-17(19)14-10-8-13(9-11-14)16-7-3-5-15-6-4-12-20-18(15)16/h3,5,7-11H,2,4,6,12H2,1H3. The fourth-order valence-electron chi connectivity index (χ4n) is 2.66. The van der Waals surface area contributed by atoms with Gasteiger partial charge in [0.05, 0.1) is 6.61 Å². The van der Waals surface area contributed by atoms with Gasteiger partial charge in [0, 0.05) is 17.5 Å². The summed E-state index contributed by atoms with van der Waals surface area (Å²) in [5.74, 6) is 1.19. The molecule has 20 heavy (non-hydrogen) atoms. The van der Waals surface area contributed by atoms with Crippen LogP contribution in [0.2, 0.25) is 0 Å². The molecular weight excluding hydrogens is 248 g/mol. The molecule has 0 fully saturated rings. The molecule has 1 aliphatic rings. The van der Waals surface area contributed by atoms with Crippen LogP contribution in [0.5, 0.6) is 5.75 Å². The van der Waals surface area contributed by atoms with Crippen LogP contribution in [0.15, 0.2) is 42.5 Å². The monoisotopic (exact) mass is 266 g/mol. The first kappa shape index (κ1) is 12.9. The van der Waals surface area contributed by atoms with Crippen molar-refractivity contribution in [3.05, 3.63) is 53.6 Å². The van der Waals surface area contributed by atoms with Crippen LogP contribution in [0.25, 0.3) is 11.1 Å². The summed E-state index contributed by atoms with van der Waals surface area (Å²) in [6.45, 7) is 2.67. The summed E-state index contributed by atoms with van der Waals surface area (Å²) in [4.78, 5) is 11.7. The van der Waals surface area contributed by atoms with E-state index in [9.17, 15) is 4.79 Å². The molecule has 2 aromatic carbocycles. The van der Waals surface area contributed by atoms with E-state index >= 15 is 0 Å². The molecule has 0 N–H and O–H groups in total. The van der Waals surface area contributed by atoms with Crippen molar-refractivity contribution in [2.75, 3.05) is 6.61 Å². The molecule has 0 bridgehead atoms. The second kappa shape index (κ2) is 5.49. The molecule has 0 saturated heterocycles. The predicted molar refractivity (Wildman–Crippen MR) is 80.3 cm³/mol. The van der Waals surface area contributed by atoms with Gasteiger partial charge in [-0.2, -0.15) is 0 Å². The number of hydrogen-bond donors (Lipinski definition) is 0. The highest BCUT2D eigenvalue weighted by Gasteiger charge is 2.15. The predicted octanol–water partition coefficient (Wildman–Crippen LogP) is 4.27. The highest BCUT2D eigenvalue weighted by molar-refractivity contribution is 5.96. The molecule has 2 nitrogen and oxygen atoms in total. The van der Waals surface area contributed by atoms with Gasteiger partial charge in [0.25, 0.3) is 0 Å². The minimum atomic E-state index is 0.183. The quantitative estimate of drug-likeness (QED) is 0.775. The molecule has 0 aliphatic carbocycles. The Bertz CT molecular complexity index is 626. The van der Waals surface area contributed by atoms with Crippen LogP contribution in [0.3, 0.4) is 0 Å². The molecule has 0 spiro atoms. The van der Waals surface area contributed by atoms with Crippen LogP contribution in [-0.4, -0.2) is 12.4 Å². The number of aryl methyl sites for hydroxylation is 1. The fraction of sp³-hybridized carbons (Fsp3) is 0.278. The Morgan fingerprint density at radius 3 is 2.70 bits per heavy atom. The highest BCUT2D eigenvalue weighted by atomic mass is 16.5. The van der Waals surface area contributed by atoms with Crippen LogP contribution in [-0.2, 0) is 6.42 Å². The number of benzene rings is 2. The minimum Gasteiger partial charge on any atom is -0.493 e. The number of fused-ring (bicyclic) bond motifs is 1. The molecule has 102 valence electrons. The van der Waals surface area contributed by atoms with Gasteiger partial charge in [-0.05, 0) is 24.0 Å². The van der Waals surface area contributed by atoms with E-state index in [2.05, 4.69) is 18.2 Å². The zero-order valence-electron chi connectivity index (χ0n) is 11.7. The maximum Gasteiger partial charge on any atom is 0.162 e. The Balaban J connectivity index is 1.99. The van der Waals surface area contributed by atoms with Crippen molar-refractivity contribution in [1.82, 2.24) is 0 Å². The topological polar surface area (TPSA) is 26.3 Å². The minimum absolute atomic E-state index is 0.183. The van der Waals surface area contributed by atoms with Crippen molar-refractivity contribution in [3.63, 3.8) is 0 Å². The van der Waals surface area contributed by atoms with Gasteiger partial charge in [0.15, 0.2) is 5.78 Å². The average Bonchev–Trinajstić information content (AvgIpc) is 2.54. The molecule has 0 aromatic heterocycles. The molecule has 0 saturated carbocycles. The van der Waals surface area contributed by atoms with Crippen molar-refractivity contribution < 1.29 is 9.53 Å². The summed E-state index contributed by atoms with van der Waals surface area (Å²) in [6, 6.07) is 14.1. The molecule has 2 heteroatoms. The van der Waals surface area contributed by atoms with Gasteiger partial charge >= 0.3 is 0 Å². The highest BCUT2D eigenvalue weighted by Crippen LogP contribution is 2.36. The zero-order chi connectivity index (χ0) is 13.9. The second-order valence-electron chi connectivity index (χ2n) is 5.10. The molecule has 1 heterocycles. The zero-order valence-corrected chi connectivity index (χ0v) is 11.7. The summed E-state index contributed by atoms with van der Waals surface area (Å²) in [5, 5.41) is 0. The second-order valence-corrected chi connectivity index (χ2v) is 5.10. The third-order valence-electron chi connectivity index (χ3n) is 3.77. The molecule has 0 radical (unpaired) electrons. The summed E-state index contributed by atoms with van der Waals surface area (Å²) in [7, 11) is 0. The maximum absolute atomic E-state index is 11.7. The van der Waals surface area contributed by atoms with Gasteiger partial charge < -0.3 is 4.74 Å². The van der Waals surface area contributed by atoms with E-state index in [1.807, 2.05) is 31.2 Å². The van der Waals surface area contributed by atoms with E-state index in [0.717, 1.165) is 41.9 Å². The summed E-state index contributed by atoms with van der Waals surface area (Å²) in [6.07, 6.45) is 2.71. The number of ether oxygens (including phenoxy) is 1. The van der Waals surface area contributed by atoms with Crippen LogP contribution in [0, 0.1) is 0 Å². The lowest BCUT2D eigenvalue weighted by molar-refractivity contribution is 0.0988. The Morgan fingerprint density at radius 2 is 1.95 bits per heavy atom. The number of carbonyl (C=O) groups excluding carboxylic acids is 1. The van der Waals surface area contributed by atoms with Crippen LogP contribution < -0.4 is 4.74 Å². The Labute approximate surface area is 119 Å². The van der Waals surface area contributed by atoms with Crippen LogP contribution >= 0.6 is 0 Å². The van der Waals surface area contributed by atoms with Gasteiger partial charge in [-0.1, -0.05) is 49.4 Å². The first-order chi connectivity index (χ1) is 9.79. The van der Waals surface area contributed by atoms with E-state index < -0.39 is 0 Å². The maximum atomic E-state index is 11.7. The SMILES string of the molecule is CCC(=O)c1ccc(-c2cccc3c2OCCC3)cc1. The van der Waals surface area contributed by atoms with Gasteiger partial charge in [-0.3, -0.25) is 4.79 Å². The number of carbonyl (C=O) groups is 1. The first-order valence-electron chi connectivity index (χ1n) is 7.18. The molecule has 1 aliphatic heterocycles. The molecule has 3 rings (SSSR count). The molecule has 0 amide bonds. The normalized spacial score (nSPS) is 13.4. The van der Waals surface area contributed by atoms with E-state index in [1.165, 1.54) is 5.56 Å². The molecule has 2 aromatic rings. The number of para-hydroxylation sites is 1. The first-order valence-corrected chi connectivity index (χ1v) is 7.18. The van der Waals surface area contributed by atoms with E-state index in [0.29, 0.717) is 6.42 Å². The lowest BCUT2D eigenvalue weighted by Crippen LogP contribution is -2.09. The Kier molecular flexibility index (Phi) is 3.55. The van der Waals surface area contributed by atoms with Crippen molar-refractivity contribution in [2.45, 2.75) is 26.2 Å². The summed E-state index contributed by atoms with van der Waals surface area (Å²) >= 11 is 0. The number of hydrogen-bond acceptors (Lipinski definition) is 2. The number of Topliss-reactive ketones (excluding diaryl/α,β-unsaturated/α-hetero) is 1. The van der Waals surface area contributed by atoms with Crippen molar-refractivity contribution >= 4 is 5.78 Å². The van der Waals surface area contributed by atoms with E-state index in [-0.39, 0.29) is 5.78 Å². The summed E-state index contributed by atoms with van der Waals surface area (Å²) in [5.41, 5.74) is 4.29. The van der Waals surface area contributed by atoms with Crippen LogP contribution in [0.1, 0.15) is 35.7 Å². The average molecular weight is 266 g/mol. The molecular formula is C18H18O2. The van der Waals surface area contributed by atoms with E-state index in [1.54, 1.807) is 0 Å². The van der Waals surface area contributed by atoms with Crippen molar-refractivity contribution in [1.29, 1.82) is 0 Å². The third kappa shape index (κ3) is 2.34. The number of rotatable bonds is 3. The van der Waals surface area contributed by atoms with Crippen molar-refractivity contribution in [3.8, 4) is 16.9 Å². The van der Waals surface area contributed by atoms with Crippen molar-refractivity contribution in [2.24, 2.45) is 0 Å². The van der Waals surface area contributed by atoms with Gasteiger partial charge in [0.2, 0.25) is 0 Å². The van der Waals surface area contributed by atoms with Gasteiger partial charge in [-0.15, -0.1) is 0 Å². The third-order valence-corrected chi connectivity index (χ3v) is 3.77. The van der Waals surface area contributed by atoms with Crippen LogP contribution in [0.4, 0.5) is 0 Å². The van der Waals surface area contributed by atoms with Gasteiger partial charge in [0.1, 0.15) is 5.75 Å². The molecule has 0 unspecified atom stereocenters. The largest absolute Gasteiger partial charge is 0.493 e. The lowest BCUT2D eigenvalue weighted by Gasteiger charge is -2.20. The Morgan fingerprint density at radius 1 is 1.15 bits per heavy atom. The Hall–Kier alpha value is -2.09. The number of ketones is 1. The fourth-order valence-corrected chi connectivity index (χ4v) is 2.66. The lowest BCUT2D eigenvalue weighted by atomic mass is 9.96. The van der Waals surface area contributed by atoms with Gasteiger partial charge in [-0.25, -0.2) is 0 Å². The molecule has 0 atom stereocenters. The summed E-state index contributed by atoms with van der Waals surface area (Å²) < 4.78 is 5.84. The smallest absolute Gasteiger partial charge is 0.162 e.